The number of halogens is 3. The number of carboxylic acids is 1. The summed E-state index contributed by atoms with van der Waals surface area (Å²) in [4.78, 5) is 37.0. The topological polar surface area (TPSA) is 147 Å². The van der Waals surface area contributed by atoms with E-state index >= 15 is 0 Å². The monoisotopic (exact) mass is 435 g/mol. The number of aromatic amines is 2. The molecule has 0 bridgehead atoms. The van der Waals surface area contributed by atoms with Gasteiger partial charge in [-0.05, 0) is 24.6 Å². The molecular formula is C19H16F3N5O4. The highest BCUT2D eigenvalue weighted by atomic mass is 19.4. The van der Waals surface area contributed by atoms with Crippen LogP contribution in [0.4, 0.5) is 19.0 Å². The predicted molar refractivity (Wildman–Crippen MR) is 107 cm³/mol. The van der Waals surface area contributed by atoms with Crippen LogP contribution in [0.2, 0.25) is 0 Å². The number of anilines is 1. The number of nitrogens with two attached hydrogens (primary N) is 1. The van der Waals surface area contributed by atoms with Crippen LogP contribution in [-0.4, -0.2) is 37.0 Å². The molecule has 162 valence electrons. The van der Waals surface area contributed by atoms with E-state index in [9.17, 15) is 22.8 Å². The maximum Gasteiger partial charge on any atom is 0.490 e. The number of hydrogen-bond donors (Lipinski definition) is 4. The van der Waals surface area contributed by atoms with Gasteiger partial charge < -0.3 is 15.8 Å². The number of aliphatic carboxylic acids is 1. The second-order valence-corrected chi connectivity index (χ2v) is 6.55. The number of alkyl halides is 3. The van der Waals surface area contributed by atoms with Gasteiger partial charge in [0.15, 0.2) is 5.82 Å². The van der Waals surface area contributed by atoms with Crippen molar-refractivity contribution in [2.45, 2.75) is 19.1 Å². The highest BCUT2D eigenvalue weighted by Gasteiger charge is 2.38. The zero-order chi connectivity index (χ0) is 22.9. The van der Waals surface area contributed by atoms with Crippen LogP contribution in [-0.2, 0) is 4.79 Å². The van der Waals surface area contributed by atoms with Crippen LogP contribution in [0, 0.1) is 0 Å². The van der Waals surface area contributed by atoms with E-state index in [1.807, 2.05) is 37.3 Å². The Balaban J connectivity index is 0.000000339. The fourth-order valence-electron chi connectivity index (χ4n) is 2.99. The second kappa shape index (κ2) is 7.97. The molecule has 1 unspecified atom stereocenters. The Hall–Kier alpha value is -4.09. The average Bonchev–Trinajstić information content (AvgIpc) is 3.07. The van der Waals surface area contributed by atoms with Gasteiger partial charge in [0.2, 0.25) is 0 Å². The molecule has 0 fully saturated rings. The minimum Gasteiger partial charge on any atom is -0.475 e. The Morgan fingerprint density at radius 2 is 1.74 bits per heavy atom. The van der Waals surface area contributed by atoms with E-state index in [1.54, 1.807) is 12.1 Å². The van der Waals surface area contributed by atoms with Crippen LogP contribution in [0.5, 0.6) is 0 Å². The Kier molecular flexibility index (Phi) is 5.56. The first-order valence-electron chi connectivity index (χ1n) is 8.78. The van der Waals surface area contributed by atoms with Gasteiger partial charge in [-0.2, -0.15) is 18.3 Å². The Labute approximate surface area is 170 Å². The van der Waals surface area contributed by atoms with E-state index < -0.39 is 17.8 Å². The Bertz CT molecular complexity index is 1370. The molecule has 0 amide bonds. The van der Waals surface area contributed by atoms with Crippen molar-refractivity contribution in [3.05, 3.63) is 68.9 Å². The zero-order valence-electron chi connectivity index (χ0n) is 15.9. The van der Waals surface area contributed by atoms with Gasteiger partial charge in [0, 0.05) is 5.39 Å². The number of carbonyl (C=O) groups is 1. The number of nitrogen functional groups attached to an aromatic ring is 1. The molecule has 0 aliphatic rings. The van der Waals surface area contributed by atoms with Gasteiger partial charge >= 0.3 is 17.8 Å². The minimum absolute atomic E-state index is 0.320. The van der Waals surface area contributed by atoms with Crippen molar-refractivity contribution in [1.29, 1.82) is 0 Å². The van der Waals surface area contributed by atoms with Crippen LogP contribution in [0.1, 0.15) is 18.5 Å². The van der Waals surface area contributed by atoms with E-state index in [4.69, 9.17) is 15.6 Å². The lowest BCUT2D eigenvalue weighted by molar-refractivity contribution is -0.192. The zero-order valence-corrected chi connectivity index (χ0v) is 15.9. The van der Waals surface area contributed by atoms with Gasteiger partial charge in [-0.3, -0.25) is 14.5 Å². The molecule has 2 heterocycles. The first kappa shape index (κ1) is 21.6. The maximum atomic E-state index is 12.9. The summed E-state index contributed by atoms with van der Waals surface area (Å²) < 4.78 is 33.0. The highest BCUT2D eigenvalue weighted by molar-refractivity contribution is 5.99. The van der Waals surface area contributed by atoms with Crippen LogP contribution in [0.3, 0.4) is 0 Å². The first-order chi connectivity index (χ1) is 14.5. The van der Waals surface area contributed by atoms with Gasteiger partial charge in [0.05, 0.1) is 22.5 Å². The molecular weight excluding hydrogens is 419 g/mol. The number of aromatic nitrogens is 4. The van der Waals surface area contributed by atoms with E-state index in [1.165, 1.54) is 4.57 Å². The van der Waals surface area contributed by atoms with Crippen molar-refractivity contribution in [2.75, 3.05) is 5.73 Å². The van der Waals surface area contributed by atoms with Crippen molar-refractivity contribution in [3.8, 4) is 0 Å². The molecule has 5 N–H and O–H groups in total. The number of rotatable bonds is 2. The number of carboxylic acid groups (broad SMARTS) is 1. The second-order valence-electron chi connectivity index (χ2n) is 6.55. The molecule has 0 saturated carbocycles. The number of fused-ring (bicyclic) bond motifs is 2. The lowest BCUT2D eigenvalue weighted by atomic mass is 10.1. The molecule has 1 atom stereocenters. The predicted octanol–water partition coefficient (Wildman–Crippen LogP) is 2.39. The normalized spacial score (nSPS) is 12.4. The highest BCUT2D eigenvalue weighted by Crippen LogP contribution is 2.22. The van der Waals surface area contributed by atoms with Gasteiger partial charge in [0.1, 0.15) is 0 Å². The number of nitrogens with one attached hydrogen (secondary N) is 2. The van der Waals surface area contributed by atoms with Crippen LogP contribution >= 0.6 is 0 Å². The average molecular weight is 435 g/mol. The summed E-state index contributed by atoms with van der Waals surface area (Å²) in [5.41, 5.74) is 7.02. The Morgan fingerprint density at radius 1 is 1.13 bits per heavy atom. The number of hydrogen-bond acceptors (Lipinski definition) is 5. The molecule has 4 rings (SSSR count). The molecule has 0 radical (unpaired) electrons. The van der Waals surface area contributed by atoms with Crippen molar-refractivity contribution in [1.82, 2.24) is 19.7 Å². The van der Waals surface area contributed by atoms with Crippen molar-refractivity contribution >= 4 is 33.6 Å². The van der Waals surface area contributed by atoms with Crippen LogP contribution in [0.15, 0.2) is 52.1 Å². The quantitative estimate of drug-likeness (QED) is 0.380. The lowest BCUT2D eigenvalue weighted by Crippen LogP contribution is -2.37. The van der Waals surface area contributed by atoms with Crippen molar-refractivity contribution in [3.63, 3.8) is 0 Å². The summed E-state index contributed by atoms with van der Waals surface area (Å²) >= 11 is 0. The van der Waals surface area contributed by atoms with Gasteiger partial charge in [0.25, 0.3) is 5.56 Å². The summed E-state index contributed by atoms with van der Waals surface area (Å²) in [5, 5.41) is 14.9. The number of benzene rings is 2. The molecule has 0 spiro atoms. The van der Waals surface area contributed by atoms with Crippen molar-refractivity contribution < 1.29 is 23.1 Å². The smallest absolute Gasteiger partial charge is 0.475 e. The van der Waals surface area contributed by atoms with E-state index in [0.717, 1.165) is 5.56 Å². The summed E-state index contributed by atoms with van der Waals surface area (Å²) in [5.74, 6) is -2.44. The molecule has 2 aromatic heterocycles. The summed E-state index contributed by atoms with van der Waals surface area (Å²) in [6.07, 6.45) is -5.08. The summed E-state index contributed by atoms with van der Waals surface area (Å²) in [7, 11) is 0. The molecule has 4 aromatic rings. The summed E-state index contributed by atoms with van der Waals surface area (Å²) in [6.45, 7) is 1.82. The largest absolute Gasteiger partial charge is 0.490 e. The number of nitrogens with zero attached hydrogens (tertiary/aromatic N) is 2. The fourth-order valence-corrected chi connectivity index (χ4v) is 2.99. The van der Waals surface area contributed by atoms with Crippen LogP contribution < -0.4 is 17.0 Å². The molecule has 0 saturated heterocycles. The first-order valence-corrected chi connectivity index (χ1v) is 8.78. The minimum atomic E-state index is -5.08. The Morgan fingerprint density at radius 3 is 2.32 bits per heavy atom. The maximum absolute atomic E-state index is 12.9. The van der Waals surface area contributed by atoms with Crippen molar-refractivity contribution in [2.24, 2.45) is 0 Å². The molecule has 12 heteroatoms. The summed E-state index contributed by atoms with van der Waals surface area (Å²) in [6, 6.07) is 12.4. The fraction of sp³-hybridized carbons (Fsp3) is 0.158. The molecule has 0 aliphatic heterocycles. The van der Waals surface area contributed by atoms with Gasteiger partial charge in [-0.1, -0.05) is 30.3 Å². The molecule has 9 nitrogen and oxygen atoms in total. The van der Waals surface area contributed by atoms with Gasteiger partial charge in [-0.25, -0.2) is 9.59 Å². The lowest BCUT2D eigenvalue weighted by Gasteiger charge is -2.15. The van der Waals surface area contributed by atoms with E-state index in [0.29, 0.717) is 27.6 Å². The third kappa shape index (κ3) is 4.27. The standard InChI is InChI=1S/C17H15N5O2.C2HF3O2/c1-9(10-5-3-2-4-6-10)22-16(23)12-7-11-14(20-21-15(11)18)8-13(12)19-17(22)24;3-2(4,5)1(6)7/h2-9H,1H3,(H,19,24)(H3,18,20,21);(H,6,7). The third-order valence-electron chi connectivity index (χ3n) is 4.55. The SMILES string of the molecule is CC(c1ccccc1)n1c(=O)[nH]c2cc3[nH]nc(N)c3cc2c1=O.O=C(O)C(F)(F)F. The molecule has 2 aromatic carbocycles. The van der Waals surface area contributed by atoms with E-state index in [-0.39, 0.29) is 11.6 Å². The molecule has 0 aliphatic carbocycles. The molecule has 31 heavy (non-hydrogen) atoms. The van der Waals surface area contributed by atoms with Crippen LogP contribution in [0.25, 0.3) is 21.8 Å². The van der Waals surface area contributed by atoms with E-state index in [2.05, 4.69) is 15.2 Å². The third-order valence-corrected chi connectivity index (χ3v) is 4.55. The van der Waals surface area contributed by atoms with Gasteiger partial charge in [-0.15, -0.1) is 0 Å². The number of H-pyrrole nitrogens is 2.